The van der Waals surface area contributed by atoms with E-state index >= 15 is 0 Å². The molecule has 0 spiro atoms. The van der Waals surface area contributed by atoms with Crippen molar-refractivity contribution >= 4 is 29.3 Å². The van der Waals surface area contributed by atoms with Gasteiger partial charge in [-0.05, 0) is 23.8 Å². The van der Waals surface area contributed by atoms with Crippen LogP contribution in [-0.2, 0) is 17.0 Å². The fourth-order valence-corrected chi connectivity index (χ4v) is 3.52. The van der Waals surface area contributed by atoms with Crippen molar-refractivity contribution in [2.24, 2.45) is 0 Å². The van der Waals surface area contributed by atoms with Crippen LogP contribution in [0.4, 0.5) is 0 Å². The van der Waals surface area contributed by atoms with Gasteiger partial charge in [-0.15, -0.1) is 0 Å². The lowest BCUT2D eigenvalue weighted by atomic mass is 10.1. The van der Waals surface area contributed by atoms with E-state index in [0.717, 1.165) is 22.1 Å². The Morgan fingerprint density at radius 1 is 1.00 bits per heavy atom. The molecule has 1 N–H and O–H groups in total. The number of amides is 1. The van der Waals surface area contributed by atoms with Crippen molar-refractivity contribution in [2.45, 2.75) is 12.2 Å². The highest BCUT2D eigenvalue weighted by atomic mass is 35.5. The predicted octanol–water partition coefficient (Wildman–Crippen LogP) is 3.96. The van der Waals surface area contributed by atoms with Gasteiger partial charge in [-0.2, -0.15) is 11.8 Å². The highest BCUT2D eigenvalue weighted by molar-refractivity contribution is 7.98. The Morgan fingerprint density at radius 3 is 2.33 bits per heavy atom. The molecule has 7 heteroatoms. The lowest BCUT2D eigenvalue weighted by molar-refractivity contribution is -0.120. The van der Waals surface area contributed by atoms with Crippen LogP contribution in [0.5, 0.6) is 17.2 Å². The van der Waals surface area contributed by atoms with E-state index in [-0.39, 0.29) is 12.3 Å². The van der Waals surface area contributed by atoms with Crippen LogP contribution < -0.4 is 19.5 Å². The van der Waals surface area contributed by atoms with Crippen molar-refractivity contribution < 1.29 is 19.0 Å². The first-order valence-electron chi connectivity index (χ1n) is 8.45. The van der Waals surface area contributed by atoms with Gasteiger partial charge in [-0.3, -0.25) is 4.79 Å². The van der Waals surface area contributed by atoms with E-state index in [1.807, 2.05) is 30.3 Å². The highest BCUT2D eigenvalue weighted by Gasteiger charge is 2.17. The molecule has 0 bridgehead atoms. The smallest absolute Gasteiger partial charge is 0.224 e. The minimum Gasteiger partial charge on any atom is -0.493 e. The van der Waals surface area contributed by atoms with Crippen LogP contribution in [0.15, 0.2) is 36.4 Å². The molecule has 5 nitrogen and oxygen atoms in total. The summed E-state index contributed by atoms with van der Waals surface area (Å²) in [6, 6.07) is 11.4. The van der Waals surface area contributed by atoms with Crippen LogP contribution in [-0.4, -0.2) is 39.5 Å². The second-order valence-electron chi connectivity index (χ2n) is 5.70. The molecule has 146 valence electrons. The average molecular weight is 410 g/mol. The van der Waals surface area contributed by atoms with Crippen LogP contribution in [0.1, 0.15) is 11.1 Å². The number of halogens is 1. The maximum absolute atomic E-state index is 12.2. The van der Waals surface area contributed by atoms with Crippen molar-refractivity contribution in [2.75, 3.05) is 33.6 Å². The zero-order chi connectivity index (χ0) is 19.6. The van der Waals surface area contributed by atoms with E-state index in [1.165, 1.54) is 5.56 Å². The Labute approximate surface area is 169 Å². The summed E-state index contributed by atoms with van der Waals surface area (Å²) in [5.41, 5.74) is 1.97. The lowest BCUT2D eigenvalue weighted by Crippen LogP contribution is -2.27. The number of hydrogen-bond acceptors (Lipinski definition) is 5. The van der Waals surface area contributed by atoms with Crippen molar-refractivity contribution in [1.29, 1.82) is 0 Å². The summed E-state index contributed by atoms with van der Waals surface area (Å²) >= 11 is 7.64. The van der Waals surface area contributed by atoms with Gasteiger partial charge in [-0.1, -0.05) is 29.8 Å². The number of ether oxygens (including phenoxy) is 3. The number of thioether (sulfide) groups is 1. The molecule has 0 radical (unpaired) electrons. The number of methoxy groups -OCH3 is 3. The first-order valence-corrected chi connectivity index (χ1v) is 9.99. The average Bonchev–Trinajstić information content (AvgIpc) is 2.68. The van der Waals surface area contributed by atoms with Crippen LogP contribution in [0.25, 0.3) is 0 Å². The van der Waals surface area contributed by atoms with Gasteiger partial charge in [0, 0.05) is 28.6 Å². The maximum Gasteiger partial charge on any atom is 0.224 e. The molecular formula is C20H24ClNO4S. The van der Waals surface area contributed by atoms with Gasteiger partial charge in [0.1, 0.15) is 0 Å². The quantitative estimate of drug-likeness (QED) is 0.602. The Morgan fingerprint density at radius 2 is 1.70 bits per heavy atom. The molecule has 0 fully saturated rings. The molecule has 0 aliphatic carbocycles. The van der Waals surface area contributed by atoms with Crippen LogP contribution in [0.3, 0.4) is 0 Å². The molecule has 0 aliphatic rings. The Balaban J connectivity index is 1.81. The zero-order valence-corrected chi connectivity index (χ0v) is 17.3. The predicted molar refractivity (Wildman–Crippen MR) is 110 cm³/mol. The SMILES string of the molecule is COc1ccc(CC(=O)NCCSCc2ccc(Cl)cc2)c(OC)c1OC. The Hall–Kier alpha value is -2.05. The van der Waals surface area contributed by atoms with E-state index in [4.69, 9.17) is 25.8 Å². The third-order valence-corrected chi connectivity index (χ3v) is 5.17. The maximum atomic E-state index is 12.2. The number of nitrogens with one attached hydrogen (secondary N) is 1. The normalized spacial score (nSPS) is 10.4. The fourth-order valence-electron chi connectivity index (χ4n) is 2.57. The largest absolute Gasteiger partial charge is 0.493 e. The molecule has 0 atom stereocenters. The second kappa shape index (κ2) is 10.9. The van der Waals surface area contributed by atoms with Crippen molar-refractivity contribution in [1.82, 2.24) is 5.32 Å². The molecule has 2 aromatic rings. The van der Waals surface area contributed by atoms with Gasteiger partial charge in [0.25, 0.3) is 0 Å². The van der Waals surface area contributed by atoms with Crippen LogP contribution in [0.2, 0.25) is 5.02 Å². The molecule has 0 heterocycles. The van der Waals surface area contributed by atoms with Gasteiger partial charge < -0.3 is 19.5 Å². The van der Waals surface area contributed by atoms with E-state index in [1.54, 1.807) is 39.2 Å². The first-order chi connectivity index (χ1) is 13.1. The summed E-state index contributed by atoms with van der Waals surface area (Å²) in [5, 5.41) is 3.67. The van der Waals surface area contributed by atoms with Crippen LogP contribution in [0, 0.1) is 0 Å². The molecule has 0 saturated heterocycles. The zero-order valence-electron chi connectivity index (χ0n) is 15.7. The summed E-state index contributed by atoms with van der Waals surface area (Å²) in [6.07, 6.45) is 0.214. The molecule has 0 unspecified atom stereocenters. The fraction of sp³-hybridized carbons (Fsp3) is 0.350. The summed E-state index contributed by atoms with van der Waals surface area (Å²) in [4.78, 5) is 12.2. The highest BCUT2D eigenvalue weighted by Crippen LogP contribution is 2.39. The van der Waals surface area contributed by atoms with Crippen molar-refractivity contribution in [3.8, 4) is 17.2 Å². The monoisotopic (exact) mass is 409 g/mol. The van der Waals surface area contributed by atoms with Crippen LogP contribution >= 0.6 is 23.4 Å². The van der Waals surface area contributed by atoms with Gasteiger partial charge in [-0.25, -0.2) is 0 Å². The topological polar surface area (TPSA) is 56.8 Å². The van der Waals surface area contributed by atoms with Crippen molar-refractivity contribution in [3.63, 3.8) is 0 Å². The van der Waals surface area contributed by atoms with E-state index in [2.05, 4.69) is 5.32 Å². The van der Waals surface area contributed by atoms with Gasteiger partial charge in [0.05, 0.1) is 27.8 Å². The second-order valence-corrected chi connectivity index (χ2v) is 7.24. The number of carbonyl (C=O) groups is 1. The number of carbonyl (C=O) groups excluding carboxylic acids is 1. The van der Waals surface area contributed by atoms with Gasteiger partial charge >= 0.3 is 0 Å². The van der Waals surface area contributed by atoms with Gasteiger partial charge in [0.15, 0.2) is 11.5 Å². The lowest BCUT2D eigenvalue weighted by Gasteiger charge is -2.15. The molecule has 2 aromatic carbocycles. The minimum absolute atomic E-state index is 0.0624. The number of benzene rings is 2. The molecule has 0 aliphatic heterocycles. The van der Waals surface area contributed by atoms with E-state index < -0.39 is 0 Å². The molecular weight excluding hydrogens is 386 g/mol. The third-order valence-electron chi connectivity index (χ3n) is 3.89. The number of rotatable bonds is 10. The van der Waals surface area contributed by atoms with Crippen molar-refractivity contribution in [3.05, 3.63) is 52.5 Å². The van der Waals surface area contributed by atoms with E-state index in [0.29, 0.717) is 23.8 Å². The Bertz CT molecular complexity index is 752. The molecule has 27 heavy (non-hydrogen) atoms. The third kappa shape index (κ3) is 6.26. The Kier molecular flexibility index (Phi) is 8.61. The summed E-state index contributed by atoms with van der Waals surface area (Å²) in [5.74, 6) is 3.23. The summed E-state index contributed by atoms with van der Waals surface area (Å²) < 4.78 is 16.0. The first kappa shape index (κ1) is 21.3. The number of hydrogen-bond donors (Lipinski definition) is 1. The molecule has 0 aromatic heterocycles. The van der Waals surface area contributed by atoms with E-state index in [9.17, 15) is 4.79 Å². The standard InChI is InChI=1S/C20H24ClNO4S/c1-24-17-9-6-15(19(25-2)20(17)26-3)12-18(23)22-10-11-27-13-14-4-7-16(21)8-5-14/h4-9H,10-13H2,1-3H3,(H,22,23). The summed E-state index contributed by atoms with van der Waals surface area (Å²) in [7, 11) is 4.65. The molecule has 1 amide bonds. The molecule has 2 rings (SSSR count). The van der Waals surface area contributed by atoms with Gasteiger partial charge in [0.2, 0.25) is 11.7 Å². The minimum atomic E-state index is -0.0624. The molecule has 0 saturated carbocycles. The summed E-state index contributed by atoms with van der Waals surface area (Å²) in [6.45, 7) is 0.604.